The molecule has 0 aliphatic rings. The lowest BCUT2D eigenvalue weighted by Crippen LogP contribution is -2.19. The molecule has 1 unspecified atom stereocenters. The number of tetrazole rings is 1. The van der Waals surface area contributed by atoms with Crippen LogP contribution >= 0.6 is 0 Å². The summed E-state index contributed by atoms with van der Waals surface area (Å²) in [6.45, 7) is 6.10. The van der Waals surface area contributed by atoms with Crippen LogP contribution in [0.15, 0.2) is 0 Å². The summed E-state index contributed by atoms with van der Waals surface area (Å²) in [5, 5.41) is 20.0. The highest BCUT2D eigenvalue weighted by Crippen LogP contribution is 2.06. The molecule has 6 nitrogen and oxygen atoms in total. The number of aliphatic carboxylic acids is 1. The van der Waals surface area contributed by atoms with E-state index < -0.39 is 11.9 Å². The van der Waals surface area contributed by atoms with Crippen LogP contribution in [0.1, 0.15) is 26.6 Å². The van der Waals surface area contributed by atoms with Crippen molar-refractivity contribution in [3.63, 3.8) is 0 Å². The first-order valence-electron chi connectivity index (χ1n) is 4.98. The summed E-state index contributed by atoms with van der Waals surface area (Å²) in [6.07, 6.45) is 0.763. The summed E-state index contributed by atoms with van der Waals surface area (Å²) in [6, 6.07) is 0. The van der Waals surface area contributed by atoms with E-state index in [0.29, 0.717) is 12.5 Å². The van der Waals surface area contributed by atoms with Crippen molar-refractivity contribution in [3.05, 3.63) is 5.82 Å². The third-order valence-corrected chi connectivity index (χ3v) is 2.07. The van der Waals surface area contributed by atoms with Crippen molar-refractivity contribution in [3.8, 4) is 0 Å². The van der Waals surface area contributed by atoms with E-state index in [0.717, 1.165) is 12.2 Å². The second-order valence-corrected chi connectivity index (χ2v) is 4.11. The average molecular weight is 212 g/mol. The van der Waals surface area contributed by atoms with Gasteiger partial charge in [0.25, 0.3) is 0 Å². The molecule has 1 atom stereocenters. The summed E-state index contributed by atoms with van der Waals surface area (Å²) in [5.74, 6) is -0.103. The molecule has 1 heterocycles. The van der Waals surface area contributed by atoms with Crippen LogP contribution < -0.4 is 0 Å². The quantitative estimate of drug-likeness (QED) is 0.772. The summed E-state index contributed by atoms with van der Waals surface area (Å²) < 4.78 is 1.57. The molecule has 0 fully saturated rings. The molecule has 1 rings (SSSR count). The fraction of sp³-hybridized carbons (Fsp3) is 0.778. The van der Waals surface area contributed by atoms with Crippen molar-refractivity contribution in [2.24, 2.45) is 11.8 Å². The number of nitrogens with zero attached hydrogens (tertiary/aromatic N) is 4. The van der Waals surface area contributed by atoms with Gasteiger partial charge in [-0.15, -0.1) is 5.10 Å². The summed E-state index contributed by atoms with van der Waals surface area (Å²) in [5.41, 5.74) is 0. The number of hydrogen-bond donors (Lipinski definition) is 1. The van der Waals surface area contributed by atoms with Crippen LogP contribution in [0.4, 0.5) is 0 Å². The second-order valence-electron chi connectivity index (χ2n) is 4.11. The maximum absolute atomic E-state index is 10.7. The average Bonchev–Trinajstić information content (AvgIpc) is 2.51. The molecular weight excluding hydrogens is 196 g/mol. The first kappa shape index (κ1) is 11.6. The van der Waals surface area contributed by atoms with Crippen molar-refractivity contribution in [2.75, 3.05) is 0 Å². The fourth-order valence-electron chi connectivity index (χ4n) is 1.21. The van der Waals surface area contributed by atoms with Crippen LogP contribution in [0.2, 0.25) is 0 Å². The zero-order valence-electron chi connectivity index (χ0n) is 9.21. The van der Waals surface area contributed by atoms with E-state index in [1.807, 2.05) is 0 Å². The molecule has 1 aromatic rings. The van der Waals surface area contributed by atoms with Gasteiger partial charge in [-0.1, -0.05) is 20.8 Å². The van der Waals surface area contributed by atoms with E-state index in [2.05, 4.69) is 29.4 Å². The molecule has 0 aromatic carbocycles. The number of carboxylic acids is 1. The minimum atomic E-state index is -0.832. The molecule has 0 saturated heterocycles. The highest BCUT2D eigenvalue weighted by molar-refractivity contribution is 5.69. The second kappa shape index (κ2) is 4.86. The van der Waals surface area contributed by atoms with E-state index in [-0.39, 0.29) is 0 Å². The monoisotopic (exact) mass is 212 g/mol. The van der Waals surface area contributed by atoms with Crippen molar-refractivity contribution in [2.45, 2.75) is 33.7 Å². The molecule has 0 aliphatic carbocycles. The summed E-state index contributed by atoms with van der Waals surface area (Å²) in [4.78, 5) is 10.7. The number of rotatable bonds is 5. The fourth-order valence-corrected chi connectivity index (χ4v) is 1.21. The Balaban J connectivity index is 2.68. The van der Waals surface area contributed by atoms with Crippen LogP contribution in [0.25, 0.3) is 0 Å². The maximum Gasteiger partial charge on any atom is 0.308 e. The topological polar surface area (TPSA) is 80.9 Å². The predicted molar refractivity (Wildman–Crippen MR) is 53.2 cm³/mol. The van der Waals surface area contributed by atoms with Gasteiger partial charge in [0.1, 0.15) is 0 Å². The number of aromatic nitrogens is 4. The van der Waals surface area contributed by atoms with Crippen molar-refractivity contribution < 1.29 is 9.90 Å². The molecule has 1 N–H and O–H groups in total. The van der Waals surface area contributed by atoms with Gasteiger partial charge in [0.05, 0.1) is 12.5 Å². The Morgan fingerprint density at radius 1 is 1.47 bits per heavy atom. The molecule has 0 saturated carbocycles. The van der Waals surface area contributed by atoms with E-state index in [4.69, 9.17) is 5.11 Å². The SMILES string of the molecule is CC(C)Cc1nnnn1CC(C)C(=O)O. The van der Waals surface area contributed by atoms with E-state index in [9.17, 15) is 4.79 Å². The molecule has 0 bridgehead atoms. The van der Waals surface area contributed by atoms with Gasteiger partial charge >= 0.3 is 5.97 Å². The highest BCUT2D eigenvalue weighted by Gasteiger charge is 2.15. The molecule has 15 heavy (non-hydrogen) atoms. The van der Waals surface area contributed by atoms with Gasteiger partial charge in [-0.2, -0.15) is 0 Å². The predicted octanol–water partition coefficient (Wildman–Crippen LogP) is 0.592. The van der Waals surface area contributed by atoms with Gasteiger partial charge in [-0.25, -0.2) is 4.68 Å². The van der Waals surface area contributed by atoms with Gasteiger partial charge in [0.2, 0.25) is 0 Å². The zero-order valence-corrected chi connectivity index (χ0v) is 9.21. The molecule has 0 spiro atoms. The van der Waals surface area contributed by atoms with Crippen LogP contribution in [0.5, 0.6) is 0 Å². The zero-order chi connectivity index (χ0) is 11.4. The van der Waals surface area contributed by atoms with E-state index in [1.54, 1.807) is 11.6 Å². The Labute approximate surface area is 88.3 Å². The van der Waals surface area contributed by atoms with Gasteiger partial charge in [0, 0.05) is 6.42 Å². The summed E-state index contributed by atoms with van der Waals surface area (Å²) in [7, 11) is 0. The van der Waals surface area contributed by atoms with Crippen LogP contribution in [0.3, 0.4) is 0 Å². The van der Waals surface area contributed by atoms with Gasteiger partial charge < -0.3 is 5.11 Å². The molecule has 1 aromatic heterocycles. The smallest absolute Gasteiger partial charge is 0.308 e. The Hall–Kier alpha value is -1.46. The van der Waals surface area contributed by atoms with Crippen molar-refractivity contribution in [1.82, 2.24) is 20.2 Å². The summed E-state index contributed by atoms with van der Waals surface area (Å²) >= 11 is 0. The Morgan fingerprint density at radius 2 is 2.13 bits per heavy atom. The van der Waals surface area contributed by atoms with Crippen LogP contribution in [-0.2, 0) is 17.8 Å². The molecule has 6 heteroatoms. The highest BCUT2D eigenvalue weighted by atomic mass is 16.4. The molecule has 0 amide bonds. The number of carbonyl (C=O) groups is 1. The lowest BCUT2D eigenvalue weighted by Gasteiger charge is -2.08. The standard InChI is InChI=1S/C9H16N4O2/c1-6(2)4-8-10-11-12-13(8)5-7(3)9(14)15/h6-7H,4-5H2,1-3H3,(H,14,15). The maximum atomic E-state index is 10.7. The molecular formula is C9H16N4O2. The third-order valence-electron chi connectivity index (χ3n) is 2.07. The minimum Gasteiger partial charge on any atom is -0.481 e. The van der Waals surface area contributed by atoms with E-state index >= 15 is 0 Å². The minimum absolute atomic E-state index is 0.324. The van der Waals surface area contributed by atoms with Crippen LogP contribution in [-0.4, -0.2) is 31.3 Å². The first-order chi connectivity index (χ1) is 7.00. The number of carboxylic acid groups (broad SMARTS) is 1. The van der Waals surface area contributed by atoms with Gasteiger partial charge in [-0.3, -0.25) is 4.79 Å². The van der Waals surface area contributed by atoms with Crippen molar-refractivity contribution in [1.29, 1.82) is 0 Å². The van der Waals surface area contributed by atoms with Crippen LogP contribution in [0, 0.1) is 11.8 Å². The number of hydrogen-bond acceptors (Lipinski definition) is 4. The Morgan fingerprint density at radius 3 is 2.67 bits per heavy atom. The van der Waals surface area contributed by atoms with Crippen molar-refractivity contribution >= 4 is 5.97 Å². The lowest BCUT2D eigenvalue weighted by atomic mass is 10.1. The first-order valence-corrected chi connectivity index (χ1v) is 4.98. The molecule has 84 valence electrons. The molecule has 0 aliphatic heterocycles. The van der Waals surface area contributed by atoms with E-state index in [1.165, 1.54) is 0 Å². The Kier molecular flexibility index (Phi) is 3.76. The van der Waals surface area contributed by atoms with Gasteiger partial charge in [-0.05, 0) is 16.3 Å². The Bertz CT molecular complexity index is 335. The third kappa shape index (κ3) is 3.30. The largest absolute Gasteiger partial charge is 0.481 e. The van der Waals surface area contributed by atoms with Gasteiger partial charge in [0.15, 0.2) is 5.82 Å². The lowest BCUT2D eigenvalue weighted by molar-refractivity contribution is -0.141. The molecule has 0 radical (unpaired) electrons. The normalized spacial score (nSPS) is 13.1.